The molecule has 0 saturated carbocycles. The quantitative estimate of drug-likeness (QED) is 0.791. The van der Waals surface area contributed by atoms with Crippen LogP contribution in [0.1, 0.15) is 24.1 Å². The maximum atomic E-state index is 9.87. The van der Waals surface area contributed by atoms with Crippen molar-refractivity contribution in [3.8, 4) is 11.5 Å². The highest BCUT2D eigenvalue weighted by molar-refractivity contribution is 5.37. The minimum Gasteiger partial charge on any atom is -0.508 e. The van der Waals surface area contributed by atoms with Gasteiger partial charge in [0.1, 0.15) is 18.1 Å². The minimum absolute atomic E-state index is 0.0919. The molecule has 2 rings (SSSR count). The summed E-state index contributed by atoms with van der Waals surface area (Å²) >= 11 is 0. The van der Waals surface area contributed by atoms with Crippen molar-refractivity contribution >= 4 is 0 Å². The summed E-state index contributed by atoms with van der Waals surface area (Å²) in [5, 5.41) is 13.2. The van der Waals surface area contributed by atoms with Crippen LogP contribution < -0.4 is 10.1 Å². The molecule has 0 aromatic heterocycles. The third-order valence-electron chi connectivity index (χ3n) is 3.21. The predicted molar refractivity (Wildman–Crippen MR) is 81.2 cm³/mol. The number of phenols is 1. The first kappa shape index (κ1) is 14.4. The van der Waals surface area contributed by atoms with E-state index in [1.54, 1.807) is 6.07 Å². The number of nitrogens with one attached hydrogen (secondary N) is 1. The molecule has 0 heterocycles. The van der Waals surface area contributed by atoms with Gasteiger partial charge in [-0.1, -0.05) is 35.9 Å². The summed E-state index contributed by atoms with van der Waals surface area (Å²) in [5.74, 6) is 1.21. The second-order valence-corrected chi connectivity index (χ2v) is 4.90. The zero-order valence-corrected chi connectivity index (χ0v) is 12.0. The third-order valence-corrected chi connectivity index (χ3v) is 3.21. The van der Waals surface area contributed by atoms with Gasteiger partial charge in [0, 0.05) is 18.2 Å². The number of aromatic hydroxyl groups is 1. The predicted octanol–water partition coefficient (Wildman–Crippen LogP) is 3.43. The monoisotopic (exact) mass is 271 g/mol. The summed E-state index contributed by atoms with van der Waals surface area (Å²) in [7, 11) is 0. The lowest BCUT2D eigenvalue weighted by molar-refractivity contribution is 0.306. The van der Waals surface area contributed by atoms with Gasteiger partial charge in [-0.2, -0.15) is 0 Å². The van der Waals surface area contributed by atoms with Crippen molar-refractivity contribution < 1.29 is 9.84 Å². The minimum atomic E-state index is 0.0919. The van der Waals surface area contributed by atoms with Crippen molar-refractivity contribution in [3.05, 3.63) is 59.7 Å². The summed E-state index contributed by atoms with van der Waals surface area (Å²) in [6.45, 7) is 5.38. The molecule has 106 valence electrons. The smallest absolute Gasteiger partial charge is 0.120 e. The topological polar surface area (TPSA) is 41.5 Å². The Labute approximate surface area is 120 Å². The molecule has 1 unspecified atom stereocenters. The van der Waals surface area contributed by atoms with Gasteiger partial charge in [-0.05, 0) is 32.0 Å². The maximum Gasteiger partial charge on any atom is 0.120 e. The van der Waals surface area contributed by atoms with Crippen LogP contribution in [0, 0.1) is 6.92 Å². The highest BCUT2D eigenvalue weighted by atomic mass is 16.5. The molecule has 0 saturated heterocycles. The second-order valence-electron chi connectivity index (χ2n) is 4.90. The van der Waals surface area contributed by atoms with Gasteiger partial charge in [0.05, 0.1) is 0 Å². The van der Waals surface area contributed by atoms with E-state index in [0.29, 0.717) is 12.4 Å². The maximum absolute atomic E-state index is 9.87. The Bertz CT molecular complexity index is 540. The van der Waals surface area contributed by atoms with Crippen molar-refractivity contribution in [2.24, 2.45) is 0 Å². The van der Waals surface area contributed by atoms with E-state index in [2.05, 4.69) is 5.32 Å². The fraction of sp³-hybridized carbons (Fsp3) is 0.294. The number of aryl methyl sites for hydroxylation is 1. The molecule has 0 bridgehead atoms. The van der Waals surface area contributed by atoms with Gasteiger partial charge in [-0.25, -0.2) is 0 Å². The molecule has 0 aliphatic carbocycles. The summed E-state index contributed by atoms with van der Waals surface area (Å²) in [6.07, 6.45) is 0. The average Bonchev–Trinajstić information content (AvgIpc) is 2.47. The van der Waals surface area contributed by atoms with E-state index in [1.807, 2.05) is 56.3 Å². The molecule has 0 amide bonds. The fourth-order valence-corrected chi connectivity index (χ4v) is 2.09. The number of hydrogen-bond donors (Lipinski definition) is 2. The highest BCUT2D eigenvalue weighted by Gasteiger charge is 2.09. The molecular formula is C17H21NO2. The van der Waals surface area contributed by atoms with Crippen LogP contribution in [0.4, 0.5) is 0 Å². The number of rotatable bonds is 6. The molecule has 2 aromatic carbocycles. The lowest BCUT2D eigenvalue weighted by Gasteiger charge is -2.16. The van der Waals surface area contributed by atoms with Gasteiger partial charge in [-0.3, -0.25) is 0 Å². The van der Waals surface area contributed by atoms with Crippen molar-refractivity contribution in [2.45, 2.75) is 19.9 Å². The number of para-hydroxylation sites is 1. The molecule has 3 nitrogen and oxygen atoms in total. The lowest BCUT2D eigenvalue weighted by atomic mass is 10.0. The van der Waals surface area contributed by atoms with E-state index in [0.717, 1.165) is 23.4 Å². The normalized spacial score (nSPS) is 12.1. The van der Waals surface area contributed by atoms with Crippen LogP contribution >= 0.6 is 0 Å². The van der Waals surface area contributed by atoms with E-state index in [1.165, 1.54) is 0 Å². The van der Waals surface area contributed by atoms with Gasteiger partial charge < -0.3 is 15.2 Å². The van der Waals surface area contributed by atoms with E-state index in [4.69, 9.17) is 4.74 Å². The number of benzene rings is 2. The van der Waals surface area contributed by atoms with Crippen molar-refractivity contribution in [3.63, 3.8) is 0 Å². The zero-order chi connectivity index (χ0) is 14.4. The molecule has 0 spiro atoms. The second kappa shape index (κ2) is 6.96. The zero-order valence-electron chi connectivity index (χ0n) is 12.0. The average molecular weight is 271 g/mol. The molecule has 0 radical (unpaired) electrons. The van der Waals surface area contributed by atoms with Crippen molar-refractivity contribution in [1.29, 1.82) is 0 Å². The Morgan fingerprint density at radius 2 is 1.90 bits per heavy atom. The Balaban J connectivity index is 1.80. The van der Waals surface area contributed by atoms with E-state index in [-0.39, 0.29) is 6.04 Å². The number of hydrogen-bond acceptors (Lipinski definition) is 3. The van der Waals surface area contributed by atoms with Gasteiger partial charge >= 0.3 is 0 Å². The molecule has 2 aromatic rings. The van der Waals surface area contributed by atoms with Crippen LogP contribution in [0.5, 0.6) is 11.5 Å². The van der Waals surface area contributed by atoms with Crippen LogP contribution in [0.2, 0.25) is 0 Å². The molecule has 0 aliphatic rings. The molecular weight excluding hydrogens is 250 g/mol. The Hall–Kier alpha value is -2.00. The fourth-order valence-electron chi connectivity index (χ4n) is 2.09. The Morgan fingerprint density at radius 3 is 2.65 bits per heavy atom. The Kier molecular flexibility index (Phi) is 5.02. The van der Waals surface area contributed by atoms with E-state index in [9.17, 15) is 5.11 Å². The van der Waals surface area contributed by atoms with Crippen LogP contribution in [-0.4, -0.2) is 18.3 Å². The van der Waals surface area contributed by atoms with Crippen molar-refractivity contribution in [2.75, 3.05) is 13.2 Å². The molecule has 2 N–H and O–H groups in total. The number of ether oxygens (including phenoxy) is 1. The first-order chi connectivity index (χ1) is 9.66. The molecule has 0 aliphatic heterocycles. The first-order valence-electron chi connectivity index (χ1n) is 6.87. The summed E-state index contributed by atoms with van der Waals surface area (Å²) in [5.41, 5.74) is 2.07. The van der Waals surface area contributed by atoms with Crippen LogP contribution in [-0.2, 0) is 0 Å². The van der Waals surface area contributed by atoms with Gasteiger partial charge in [0.2, 0.25) is 0 Å². The van der Waals surface area contributed by atoms with Crippen LogP contribution in [0.25, 0.3) is 0 Å². The Morgan fingerprint density at radius 1 is 1.15 bits per heavy atom. The molecule has 0 fully saturated rings. The molecule has 1 atom stereocenters. The van der Waals surface area contributed by atoms with Crippen LogP contribution in [0.3, 0.4) is 0 Å². The lowest BCUT2D eigenvalue weighted by Crippen LogP contribution is -2.24. The van der Waals surface area contributed by atoms with Gasteiger partial charge in [0.25, 0.3) is 0 Å². The molecule has 3 heteroatoms. The highest BCUT2D eigenvalue weighted by Crippen LogP contribution is 2.24. The standard InChI is InChI=1S/C17H21NO2/c1-13-8-9-17(19)16(12-13)14(2)18-10-11-20-15-6-4-3-5-7-15/h3-9,12,14,18-19H,10-11H2,1-2H3. The number of phenolic OH excluding ortho intramolecular Hbond substituents is 1. The van der Waals surface area contributed by atoms with E-state index < -0.39 is 0 Å². The summed E-state index contributed by atoms with van der Waals surface area (Å²) in [6, 6.07) is 15.5. The van der Waals surface area contributed by atoms with Gasteiger partial charge in [0.15, 0.2) is 0 Å². The van der Waals surface area contributed by atoms with E-state index >= 15 is 0 Å². The van der Waals surface area contributed by atoms with Crippen molar-refractivity contribution in [1.82, 2.24) is 5.32 Å². The largest absolute Gasteiger partial charge is 0.508 e. The van der Waals surface area contributed by atoms with Crippen LogP contribution in [0.15, 0.2) is 48.5 Å². The third kappa shape index (κ3) is 4.00. The summed E-state index contributed by atoms with van der Waals surface area (Å²) < 4.78 is 5.62. The first-order valence-corrected chi connectivity index (χ1v) is 6.87. The summed E-state index contributed by atoms with van der Waals surface area (Å²) in [4.78, 5) is 0. The van der Waals surface area contributed by atoms with Gasteiger partial charge in [-0.15, -0.1) is 0 Å². The SMILES string of the molecule is Cc1ccc(O)c(C(C)NCCOc2ccccc2)c1. The molecule has 20 heavy (non-hydrogen) atoms.